The van der Waals surface area contributed by atoms with E-state index in [1.165, 1.54) is 0 Å². The lowest BCUT2D eigenvalue weighted by atomic mass is 9.93. The number of rotatable bonds is 4. The minimum Gasteiger partial charge on any atom is -0.333 e. The van der Waals surface area contributed by atoms with E-state index in [1.54, 1.807) is 4.90 Å². The first-order chi connectivity index (χ1) is 9.90. The molecule has 1 N–H and O–H groups in total. The second kappa shape index (κ2) is 6.37. The third-order valence-electron chi connectivity index (χ3n) is 4.24. The lowest BCUT2D eigenvalue weighted by Crippen LogP contribution is -2.46. The number of carbonyl (C=O) groups is 4. The number of ketones is 1. The van der Waals surface area contributed by atoms with Crippen LogP contribution < -0.4 is 5.32 Å². The van der Waals surface area contributed by atoms with Crippen LogP contribution in [0, 0.1) is 11.8 Å². The molecule has 2 atom stereocenters. The van der Waals surface area contributed by atoms with Gasteiger partial charge >= 0.3 is 0 Å². The molecule has 6 nitrogen and oxygen atoms in total. The summed E-state index contributed by atoms with van der Waals surface area (Å²) in [7, 11) is 0. The monoisotopic (exact) mass is 294 g/mol. The maximum absolute atomic E-state index is 12.4. The summed E-state index contributed by atoms with van der Waals surface area (Å²) in [6.45, 7) is 4.25. The quantitative estimate of drug-likeness (QED) is 0.771. The molecule has 0 saturated carbocycles. The van der Waals surface area contributed by atoms with Gasteiger partial charge in [0, 0.05) is 31.2 Å². The Morgan fingerprint density at radius 3 is 2.62 bits per heavy atom. The van der Waals surface area contributed by atoms with Crippen molar-refractivity contribution in [2.45, 2.75) is 52.0 Å². The SMILES string of the molecule is CC(C)C(=O)C1CCCN1C(=O)CC1CCC(=O)NC1=O. The highest BCUT2D eigenvalue weighted by Crippen LogP contribution is 2.24. The molecule has 0 bridgehead atoms. The third-order valence-corrected chi connectivity index (χ3v) is 4.24. The van der Waals surface area contributed by atoms with Gasteiger partial charge in [0.05, 0.1) is 6.04 Å². The van der Waals surface area contributed by atoms with Crippen molar-refractivity contribution in [1.29, 1.82) is 0 Å². The van der Waals surface area contributed by atoms with Crippen molar-refractivity contribution in [2.24, 2.45) is 11.8 Å². The van der Waals surface area contributed by atoms with Crippen LogP contribution in [0.15, 0.2) is 0 Å². The zero-order valence-corrected chi connectivity index (χ0v) is 12.6. The van der Waals surface area contributed by atoms with Gasteiger partial charge in [-0.15, -0.1) is 0 Å². The van der Waals surface area contributed by atoms with Crippen molar-refractivity contribution in [3.8, 4) is 0 Å². The molecular formula is C15H22N2O4. The van der Waals surface area contributed by atoms with E-state index in [2.05, 4.69) is 5.32 Å². The van der Waals surface area contributed by atoms with Crippen LogP contribution in [0.1, 0.15) is 46.0 Å². The lowest BCUT2D eigenvalue weighted by Gasteiger charge is -2.27. The Balaban J connectivity index is 1.98. The number of hydrogen-bond acceptors (Lipinski definition) is 4. The zero-order valence-electron chi connectivity index (χ0n) is 12.6. The normalized spacial score (nSPS) is 26.1. The number of piperidine rings is 1. The summed E-state index contributed by atoms with van der Waals surface area (Å²) in [5, 5.41) is 2.26. The Labute approximate surface area is 124 Å². The van der Waals surface area contributed by atoms with Gasteiger partial charge in [0.1, 0.15) is 0 Å². The zero-order chi connectivity index (χ0) is 15.6. The Bertz CT molecular complexity index is 472. The molecule has 0 spiro atoms. The molecular weight excluding hydrogens is 272 g/mol. The van der Waals surface area contributed by atoms with Crippen molar-refractivity contribution >= 4 is 23.5 Å². The minimum atomic E-state index is -0.453. The molecule has 0 aromatic rings. The van der Waals surface area contributed by atoms with Crippen molar-refractivity contribution < 1.29 is 19.2 Å². The Morgan fingerprint density at radius 1 is 1.29 bits per heavy atom. The summed E-state index contributed by atoms with van der Waals surface area (Å²) in [5.41, 5.74) is 0. The van der Waals surface area contributed by atoms with Gasteiger partial charge in [-0.25, -0.2) is 0 Å². The molecule has 116 valence electrons. The fourth-order valence-electron chi connectivity index (χ4n) is 3.01. The van der Waals surface area contributed by atoms with Crippen LogP contribution in [0.3, 0.4) is 0 Å². The second-order valence-electron chi connectivity index (χ2n) is 6.15. The van der Waals surface area contributed by atoms with Crippen LogP contribution in [0.5, 0.6) is 0 Å². The van der Waals surface area contributed by atoms with Crippen LogP contribution in [-0.2, 0) is 19.2 Å². The van der Waals surface area contributed by atoms with E-state index >= 15 is 0 Å². The van der Waals surface area contributed by atoms with E-state index < -0.39 is 5.92 Å². The molecule has 0 aromatic carbocycles. The van der Waals surface area contributed by atoms with Crippen LogP contribution in [0.4, 0.5) is 0 Å². The van der Waals surface area contributed by atoms with Gasteiger partial charge in [-0.05, 0) is 19.3 Å². The van der Waals surface area contributed by atoms with Crippen molar-refractivity contribution in [2.75, 3.05) is 6.54 Å². The first-order valence-electron chi connectivity index (χ1n) is 7.57. The molecule has 2 rings (SSSR count). The number of imide groups is 1. The van der Waals surface area contributed by atoms with E-state index in [-0.39, 0.29) is 48.3 Å². The second-order valence-corrected chi connectivity index (χ2v) is 6.15. The molecule has 21 heavy (non-hydrogen) atoms. The smallest absolute Gasteiger partial charge is 0.230 e. The van der Waals surface area contributed by atoms with Gasteiger partial charge in [-0.3, -0.25) is 24.5 Å². The molecule has 2 aliphatic rings. The number of Topliss-reactive ketones (excluding diaryl/α,β-unsaturated/α-hetero) is 1. The van der Waals surface area contributed by atoms with E-state index in [9.17, 15) is 19.2 Å². The first-order valence-corrected chi connectivity index (χ1v) is 7.57. The molecule has 0 aromatic heterocycles. The molecule has 2 fully saturated rings. The lowest BCUT2D eigenvalue weighted by molar-refractivity contribution is -0.143. The molecule has 2 aliphatic heterocycles. The molecule has 6 heteroatoms. The topological polar surface area (TPSA) is 83.6 Å². The van der Waals surface area contributed by atoms with Crippen LogP contribution in [0.25, 0.3) is 0 Å². The molecule has 0 aliphatic carbocycles. The summed E-state index contributed by atoms with van der Waals surface area (Å²) >= 11 is 0. The average molecular weight is 294 g/mol. The number of amides is 3. The fourth-order valence-corrected chi connectivity index (χ4v) is 3.01. The van der Waals surface area contributed by atoms with Gasteiger partial charge in [0.25, 0.3) is 0 Å². The van der Waals surface area contributed by atoms with Gasteiger partial charge in [0.2, 0.25) is 17.7 Å². The van der Waals surface area contributed by atoms with Crippen molar-refractivity contribution in [1.82, 2.24) is 10.2 Å². The summed E-state index contributed by atoms with van der Waals surface area (Å²) in [5.74, 6) is -1.27. The minimum absolute atomic E-state index is 0.0843. The van der Waals surface area contributed by atoms with Gasteiger partial charge in [-0.2, -0.15) is 0 Å². The third kappa shape index (κ3) is 3.49. The maximum Gasteiger partial charge on any atom is 0.230 e. The van der Waals surface area contributed by atoms with Gasteiger partial charge in [0.15, 0.2) is 5.78 Å². The first kappa shape index (κ1) is 15.7. The highest BCUT2D eigenvalue weighted by atomic mass is 16.2. The van der Waals surface area contributed by atoms with Crippen molar-refractivity contribution in [3.05, 3.63) is 0 Å². The molecule has 2 saturated heterocycles. The maximum atomic E-state index is 12.4. The Morgan fingerprint density at radius 2 is 2.00 bits per heavy atom. The van der Waals surface area contributed by atoms with Gasteiger partial charge < -0.3 is 4.90 Å². The van der Waals surface area contributed by atoms with E-state index in [0.29, 0.717) is 19.4 Å². The molecule has 3 amide bonds. The Kier molecular flexibility index (Phi) is 4.75. The van der Waals surface area contributed by atoms with Crippen LogP contribution in [0.2, 0.25) is 0 Å². The summed E-state index contributed by atoms with van der Waals surface area (Å²) in [4.78, 5) is 49.0. The van der Waals surface area contributed by atoms with Crippen LogP contribution >= 0.6 is 0 Å². The predicted octanol–water partition coefficient (Wildman–Crippen LogP) is 0.645. The van der Waals surface area contributed by atoms with E-state index in [0.717, 1.165) is 6.42 Å². The standard InChI is InChI=1S/C15H22N2O4/c1-9(2)14(20)11-4-3-7-17(11)13(19)8-10-5-6-12(18)16-15(10)21/h9-11H,3-8H2,1-2H3,(H,16,18,21). The summed E-state index contributed by atoms with van der Waals surface area (Å²) in [6, 6.07) is -0.342. The number of carbonyl (C=O) groups excluding carboxylic acids is 4. The molecule has 2 heterocycles. The summed E-state index contributed by atoms with van der Waals surface area (Å²) in [6.07, 6.45) is 2.30. The molecule has 2 unspecified atom stereocenters. The average Bonchev–Trinajstić information content (AvgIpc) is 2.90. The highest BCUT2D eigenvalue weighted by molar-refractivity contribution is 6.00. The van der Waals surface area contributed by atoms with E-state index in [4.69, 9.17) is 0 Å². The number of likely N-dealkylation sites (tertiary alicyclic amines) is 1. The van der Waals surface area contributed by atoms with Crippen molar-refractivity contribution in [3.63, 3.8) is 0 Å². The van der Waals surface area contributed by atoms with Crippen LogP contribution in [-0.4, -0.2) is 41.0 Å². The predicted molar refractivity (Wildman–Crippen MR) is 75.1 cm³/mol. The largest absolute Gasteiger partial charge is 0.333 e. The number of hydrogen-bond donors (Lipinski definition) is 1. The van der Waals surface area contributed by atoms with E-state index in [1.807, 2.05) is 13.8 Å². The number of nitrogens with zero attached hydrogens (tertiary/aromatic N) is 1. The molecule has 0 radical (unpaired) electrons. The van der Waals surface area contributed by atoms with Gasteiger partial charge in [-0.1, -0.05) is 13.8 Å². The fraction of sp³-hybridized carbons (Fsp3) is 0.733. The Hall–Kier alpha value is -1.72. The summed E-state index contributed by atoms with van der Waals surface area (Å²) < 4.78 is 0. The number of nitrogens with one attached hydrogen (secondary N) is 1. The highest BCUT2D eigenvalue weighted by Gasteiger charge is 2.37.